The highest BCUT2D eigenvalue weighted by molar-refractivity contribution is 8.18. The lowest BCUT2D eigenvalue weighted by atomic mass is 10.1. The Balaban J connectivity index is 1.52. The number of imide groups is 1. The minimum atomic E-state index is -0.322. The standard InChI is InChI=1S/C23H16N2O3S/c1-15-2-4-17(5-3-15)14-25-22(26)21(29-23(25)27)12-19-10-11-20(28-19)18-8-6-16(13-24)7-9-18/h2-12H,14H2,1H3/b21-12-. The summed E-state index contributed by atoms with van der Waals surface area (Å²) < 4.78 is 5.80. The first-order chi connectivity index (χ1) is 14.0. The number of amides is 2. The van der Waals surface area contributed by atoms with Crippen LogP contribution in [0.25, 0.3) is 17.4 Å². The fraction of sp³-hybridized carbons (Fsp3) is 0.0870. The topological polar surface area (TPSA) is 74.3 Å². The molecule has 3 aromatic rings. The summed E-state index contributed by atoms with van der Waals surface area (Å²) in [6, 6.07) is 20.4. The number of furan rings is 1. The van der Waals surface area contributed by atoms with Crippen LogP contribution in [-0.2, 0) is 11.3 Å². The zero-order valence-electron chi connectivity index (χ0n) is 15.6. The van der Waals surface area contributed by atoms with Gasteiger partial charge in [-0.15, -0.1) is 0 Å². The molecule has 4 rings (SSSR count). The van der Waals surface area contributed by atoms with Crippen LogP contribution in [0.2, 0.25) is 0 Å². The van der Waals surface area contributed by atoms with Crippen molar-refractivity contribution in [2.75, 3.05) is 0 Å². The van der Waals surface area contributed by atoms with Gasteiger partial charge in [0.15, 0.2) is 0 Å². The quantitative estimate of drug-likeness (QED) is 0.551. The van der Waals surface area contributed by atoms with Crippen molar-refractivity contribution >= 4 is 29.0 Å². The van der Waals surface area contributed by atoms with E-state index in [2.05, 4.69) is 6.07 Å². The van der Waals surface area contributed by atoms with E-state index in [0.29, 0.717) is 22.0 Å². The van der Waals surface area contributed by atoms with E-state index >= 15 is 0 Å². The Morgan fingerprint density at radius 1 is 1.03 bits per heavy atom. The normalized spacial score (nSPS) is 15.2. The van der Waals surface area contributed by atoms with Crippen molar-refractivity contribution in [1.29, 1.82) is 5.26 Å². The van der Waals surface area contributed by atoms with Crippen LogP contribution >= 0.6 is 11.8 Å². The Morgan fingerprint density at radius 2 is 1.76 bits per heavy atom. The van der Waals surface area contributed by atoms with Crippen LogP contribution in [0.3, 0.4) is 0 Å². The van der Waals surface area contributed by atoms with Gasteiger partial charge < -0.3 is 4.42 Å². The summed E-state index contributed by atoms with van der Waals surface area (Å²) in [6.07, 6.45) is 1.59. The van der Waals surface area contributed by atoms with Crippen molar-refractivity contribution < 1.29 is 14.0 Å². The van der Waals surface area contributed by atoms with Gasteiger partial charge in [0.25, 0.3) is 11.1 Å². The number of carbonyl (C=O) groups is 2. The second-order valence-electron chi connectivity index (χ2n) is 6.64. The number of nitrogens with zero attached hydrogens (tertiary/aromatic N) is 2. The maximum Gasteiger partial charge on any atom is 0.293 e. The molecule has 1 fully saturated rings. The molecule has 1 aliphatic rings. The molecule has 29 heavy (non-hydrogen) atoms. The van der Waals surface area contributed by atoms with Gasteiger partial charge in [-0.3, -0.25) is 14.5 Å². The molecule has 0 N–H and O–H groups in total. The van der Waals surface area contributed by atoms with Crippen molar-refractivity contribution in [2.45, 2.75) is 13.5 Å². The van der Waals surface area contributed by atoms with Crippen molar-refractivity contribution in [3.8, 4) is 17.4 Å². The molecule has 0 radical (unpaired) electrons. The van der Waals surface area contributed by atoms with Crippen LogP contribution < -0.4 is 0 Å². The Morgan fingerprint density at radius 3 is 2.45 bits per heavy atom. The predicted molar refractivity (Wildman–Crippen MR) is 112 cm³/mol. The Hall–Kier alpha value is -3.56. The van der Waals surface area contributed by atoms with E-state index in [9.17, 15) is 9.59 Å². The number of benzene rings is 2. The summed E-state index contributed by atoms with van der Waals surface area (Å²) in [5.74, 6) is 0.793. The number of rotatable bonds is 4. The minimum absolute atomic E-state index is 0.247. The molecular weight excluding hydrogens is 384 g/mol. The van der Waals surface area contributed by atoms with Gasteiger partial charge in [-0.1, -0.05) is 29.8 Å². The van der Waals surface area contributed by atoms with E-state index in [1.54, 1.807) is 42.5 Å². The Bertz CT molecular complexity index is 1150. The SMILES string of the molecule is Cc1ccc(CN2C(=O)S/C(=C\c3ccc(-c4ccc(C#N)cc4)o3)C2=O)cc1. The summed E-state index contributed by atoms with van der Waals surface area (Å²) >= 11 is 0.912. The lowest BCUT2D eigenvalue weighted by molar-refractivity contribution is -0.123. The van der Waals surface area contributed by atoms with Crippen molar-refractivity contribution in [1.82, 2.24) is 4.90 Å². The highest BCUT2D eigenvalue weighted by Crippen LogP contribution is 2.34. The number of aryl methyl sites for hydroxylation is 1. The van der Waals surface area contributed by atoms with Gasteiger partial charge in [0.05, 0.1) is 23.1 Å². The summed E-state index contributed by atoms with van der Waals surface area (Å²) in [6.45, 7) is 2.24. The number of thioether (sulfide) groups is 1. The van der Waals surface area contributed by atoms with Crippen molar-refractivity contribution in [3.05, 3.63) is 88.0 Å². The van der Waals surface area contributed by atoms with Crippen molar-refractivity contribution in [3.63, 3.8) is 0 Å². The van der Waals surface area contributed by atoms with Gasteiger partial charge in [-0.05, 0) is 60.6 Å². The number of carbonyl (C=O) groups excluding carboxylic acids is 2. The summed E-state index contributed by atoms with van der Waals surface area (Å²) in [7, 11) is 0. The van der Waals surface area contributed by atoms with E-state index in [-0.39, 0.29) is 17.7 Å². The van der Waals surface area contributed by atoms with Gasteiger partial charge in [0, 0.05) is 11.6 Å². The third-order valence-electron chi connectivity index (χ3n) is 4.53. The van der Waals surface area contributed by atoms with Crippen LogP contribution in [0.15, 0.2) is 70.0 Å². The largest absolute Gasteiger partial charge is 0.457 e. The van der Waals surface area contributed by atoms with Gasteiger partial charge in [-0.2, -0.15) is 5.26 Å². The highest BCUT2D eigenvalue weighted by atomic mass is 32.2. The van der Waals surface area contributed by atoms with Gasteiger partial charge in [0.2, 0.25) is 0 Å². The summed E-state index contributed by atoms with van der Waals surface area (Å²) in [5.41, 5.74) is 3.43. The van der Waals surface area contributed by atoms with E-state index in [0.717, 1.165) is 28.5 Å². The fourth-order valence-electron chi connectivity index (χ4n) is 2.94. The van der Waals surface area contributed by atoms with Crippen LogP contribution in [0.5, 0.6) is 0 Å². The first kappa shape index (κ1) is 18.8. The molecule has 0 spiro atoms. The zero-order chi connectivity index (χ0) is 20.4. The molecule has 0 unspecified atom stereocenters. The predicted octanol–water partition coefficient (Wildman–Crippen LogP) is 5.36. The lowest BCUT2D eigenvalue weighted by Gasteiger charge is -2.12. The summed E-state index contributed by atoms with van der Waals surface area (Å²) in [5, 5.41) is 8.60. The maximum absolute atomic E-state index is 12.7. The van der Waals surface area contributed by atoms with Crippen LogP contribution in [0, 0.1) is 18.3 Å². The molecule has 2 amide bonds. The Labute approximate surface area is 172 Å². The fourth-order valence-corrected chi connectivity index (χ4v) is 3.75. The molecule has 1 aliphatic heterocycles. The molecule has 142 valence electrons. The molecule has 6 heteroatoms. The number of hydrogen-bond acceptors (Lipinski definition) is 5. The van der Waals surface area contributed by atoms with E-state index < -0.39 is 0 Å². The second kappa shape index (κ2) is 7.82. The van der Waals surface area contributed by atoms with Gasteiger partial charge in [-0.25, -0.2) is 0 Å². The van der Waals surface area contributed by atoms with E-state index in [1.165, 1.54) is 4.90 Å². The average molecular weight is 400 g/mol. The van der Waals surface area contributed by atoms with Crippen molar-refractivity contribution in [2.24, 2.45) is 0 Å². The third kappa shape index (κ3) is 4.00. The lowest BCUT2D eigenvalue weighted by Crippen LogP contribution is -2.27. The smallest absolute Gasteiger partial charge is 0.293 e. The van der Waals surface area contributed by atoms with Gasteiger partial charge >= 0.3 is 0 Å². The van der Waals surface area contributed by atoms with E-state index in [4.69, 9.17) is 9.68 Å². The van der Waals surface area contributed by atoms with Crippen LogP contribution in [-0.4, -0.2) is 16.0 Å². The molecule has 0 saturated carbocycles. The highest BCUT2D eigenvalue weighted by Gasteiger charge is 2.35. The molecule has 0 aliphatic carbocycles. The Kier molecular flexibility index (Phi) is 5.07. The molecule has 1 saturated heterocycles. The van der Waals surface area contributed by atoms with Gasteiger partial charge in [0.1, 0.15) is 11.5 Å². The number of hydrogen-bond donors (Lipinski definition) is 0. The molecule has 0 atom stereocenters. The molecule has 2 aromatic carbocycles. The minimum Gasteiger partial charge on any atom is -0.457 e. The monoisotopic (exact) mass is 400 g/mol. The molecule has 2 heterocycles. The van der Waals surface area contributed by atoms with Crippen LogP contribution in [0.1, 0.15) is 22.5 Å². The molecule has 0 bridgehead atoms. The maximum atomic E-state index is 12.7. The zero-order valence-corrected chi connectivity index (χ0v) is 16.4. The summed E-state index contributed by atoms with van der Waals surface area (Å²) in [4.78, 5) is 26.6. The first-order valence-electron chi connectivity index (χ1n) is 8.95. The average Bonchev–Trinajstić information content (AvgIpc) is 3.30. The van der Waals surface area contributed by atoms with E-state index in [1.807, 2.05) is 31.2 Å². The molecular formula is C23H16N2O3S. The number of nitriles is 1. The molecule has 1 aromatic heterocycles. The molecule has 5 nitrogen and oxygen atoms in total. The van der Waals surface area contributed by atoms with Crippen LogP contribution in [0.4, 0.5) is 4.79 Å². The third-order valence-corrected chi connectivity index (χ3v) is 5.44. The first-order valence-corrected chi connectivity index (χ1v) is 9.76. The second-order valence-corrected chi connectivity index (χ2v) is 7.64.